The predicted molar refractivity (Wildman–Crippen MR) is 97.3 cm³/mol. The number of nitrogens with one attached hydrogen (secondary N) is 1. The van der Waals surface area contributed by atoms with Gasteiger partial charge in [0.15, 0.2) is 0 Å². The number of halogens is 1. The normalized spacial score (nSPS) is 19.0. The Hall–Kier alpha value is -1.95. The highest BCUT2D eigenvalue weighted by molar-refractivity contribution is 14.1. The molecule has 108 valence electrons. The van der Waals surface area contributed by atoms with Crippen LogP contribution in [0.5, 0.6) is 0 Å². The second-order valence-electron chi connectivity index (χ2n) is 5.34. The lowest BCUT2D eigenvalue weighted by Gasteiger charge is -2.07. The molecule has 22 heavy (non-hydrogen) atoms. The lowest BCUT2D eigenvalue weighted by atomic mass is 10.0. The van der Waals surface area contributed by atoms with E-state index in [-0.39, 0.29) is 5.91 Å². The van der Waals surface area contributed by atoms with E-state index in [0.29, 0.717) is 5.71 Å². The van der Waals surface area contributed by atoms with E-state index < -0.39 is 0 Å². The molecule has 1 N–H and O–H groups in total. The highest BCUT2D eigenvalue weighted by Crippen LogP contribution is 2.31. The van der Waals surface area contributed by atoms with Gasteiger partial charge in [-0.25, -0.2) is 4.99 Å². The van der Waals surface area contributed by atoms with Crippen LogP contribution in [-0.2, 0) is 4.79 Å². The van der Waals surface area contributed by atoms with Gasteiger partial charge in [-0.05, 0) is 53.0 Å². The Balaban J connectivity index is 1.90. The number of benzene rings is 2. The summed E-state index contributed by atoms with van der Waals surface area (Å²) >= 11 is 2.33. The quantitative estimate of drug-likeness (QED) is 0.715. The fourth-order valence-corrected chi connectivity index (χ4v) is 3.58. The van der Waals surface area contributed by atoms with E-state index in [0.717, 1.165) is 40.6 Å². The molecule has 1 aliphatic carbocycles. The van der Waals surface area contributed by atoms with Crippen LogP contribution in [0.25, 0.3) is 10.8 Å². The molecule has 0 spiro atoms. The zero-order valence-corrected chi connectivity index (χ0v) is 13.9. The van der Waals surface area contributed by atoms with Crippen molar-refractivity contribution in [1.82, 2.24) is 5.32 Å². The molecular weight excluding hydrogens is 387 g/mol. The molecule has 2 aromatic carbocycles. The zero-order valence-electron chi connectivity index (χ0n) is 11.8. The number of allylic oxidation sites excluding steroid dienone is 3. The average Bonchev–Trinajstić information content (AvgIpc) is 2.84. The molecule has 2 aromatic rings. The van der Waals surface area contributed by atoms with Crippen LogP contribution >= 0.6 is 22.6 Å². The molecule has 3 nitrogen and oxygen atoms in total. The van der Waals surface area contributed by atoms with Crippen LogP contribution in [0, 0.1) is 3.57 Å². The van der Waals surface area contributed by atoms with Crippen molar-refractivity contribution in [3.05, 3.63) is 63.4 Å². The molecule has 0 saturated carbocycles. The van der Waals surface area contributed by atoms with E-state index in [1.165, 1.54) is 3.57 Å². The van der Waals surface area contributed by atoms with Gasteiger partial charge in [0, 0.05) is 20.2 Å². The summed E-state index contributed by atoms with van der Waals surface area (Å²) in [5, 5.41) is 5.14. The first-order valence-corrected chi connectivity index (χ1v) is 8.30. The summed E-state index contributed by atoms with van der Waals surface area (Å²) in [4.78, 5) is 16.9. The molecule has 0 unspecified atom stereocenters. The van der Waals surface area contributed by atoms with Crippen molar-refractivity contribution in [2.24, 2.45) is 4.99 Å². The van der Waals surface area contributed by atoms with Crippen molar-refractivity contribution in [2.45, 2.75) is 12.8 Å². The van der Waals surface area contributed by atoms with Crippen LogP contribution in [0.15, 0.2) is 64.8 Å². The van der Waals surface area contributed by atoms with E-state index in [1.54, 1.807) is 0 Å². The molecule has 0 aromatic heterocycles. The molecule has 0 bridgehead atoms. The minimum Gasteiger partial charge on any atom is -0.320 e. The number of amides is 1. The summed E-state index contributed by atoms with van der Waals surface area (Å²) in [5.74, 6) is -0.109. The lowest BCUT2D eigenvalue weighted by molar-refractivity contribution is -0.113. The first-order valence-electron chi connectivity index (χ1n) is 7.22. The Labute approximate surface area is 142 Å². The van der Waals surface area contributed by atoms with Gasteiger partial charge in [-0.15, -0.1) is 0 Å². The van der Waals surface area contributed by atoms with Crippen molar-refractivity contribution < 1.29 is 4.79 Å². The van der Waals surface area contributed by atoms with Crippen LogP contribution in [0.1, 0.15) is 12.8 Å². The number of fused-ring (bicyclic) bond motifs is 2. The SMILES string of the molecule is O=C1NC2=CCCC=C2C1=Nc1cccc2c(I)cccc12. The first kappa shape index (κ1) is 13.7. The smallest absolute Gasteiger partial charge is 0.274 e. The number of aliphatic imine (C=N–C) groups is 1. The second kappa shape index (κ2) is 5.35. The number of carbonyl (C=O) groups excluding carboxylic acids is 1. The van der Waals surface area contributed by atoms with Crippen molar-refractivity contribution in [3.8, 4) is 0 Å². The summed E-state index contributed by atoms with van der Waals surface area (Å²) in [6, 6.07) is 12.2. The number of rotatable bonds is 1. The Morgan fingerprint density at radius 3 is 2.68 bits per heavy atom. The third kappa shape index (κ3) is 2.18. The van der Waals surface area contributed by atoms with Gasteiger partial charge in [-0.3, -0.25) is 4.79 Å². The molecular formula is C18H13IN2O. The van der Waals surface area contributed by atoms with Crippen molar-refractivity contribution in [1.29, 1.82) is 0 Å². The monoisotopic (exact) mass is 400 g/mol. The second-order valence-corrected chi connectivity index (χ2v) is 6.50. The Morgan fingerprint density at radius 1 is 1.00 bits per heavy atom. The molecule has 1 heterocycles. The van der Waals surface area contributed by atoms with E-state index in [9.17, 15) is 4.79 Å². The maximum atomic E-state index is 12.2. The van der Waals surface area contributed by atoms with Gasteiger partial charge < -0.3 is 5.32 Å². The van der Waals surface area contributed by atoms with Crippen LogP contribution < -0.4 is 5.32 Å². The van der Waals surface area contributed by atoms with Gasteiger partial charge in [-0.2, -0.15) is 0 Å². The van der Waals surface area contributed by atoms with Crippen molar-refractivity contribution in [2.75, 3.05) is 0 Å². The Kier molecular flexibility index (Phi) is 3.33. The predicted octanol–water partition coefficient (Wildman–Crippen LogP) is 4.25. The molecule has 1 saturated heterocycles. The summed E-state index contributed by atoms with van der Waals surface area (Å²) in [6.07, 6.45) is 6.10. The zero-order chi connectivity index (χ0) is 15.1. The summed E-state index contributed by atoms with van der Waals surface area (Å²) in [5.41, 5.74) is 3.22. The number of hydrogen-bond acceptors (Lipinski definition) is 2. The molecule has 1 aliphatic heterocycles. The molecule has 1 fully saturated rings. The summed E-state index contributed by atoms with van der Waals surface area (Å²) in [6.45, 7) is 0. The van der Waals surface area contributed by atoms with E-state index in [2.05, 4.69) is 63.3 Å². The molecule has 2 aliphatic rings. The third-order valence-electron chi connectivity index (χ3n) is 3.95. The largest absolute Gasteiger partial charge is 0.320 e. The van der Waals surface area contributed by atoms with Crippen LogP contribution in [0.3, 0.4) is 0 Å². The minimum atomic E-state index is -0.109. The lowest BCUT2D eigenvalue weighted by Crippen LogP contribution is -2.18. The topological polar surface area (TPSA) is 41.5 Å². The highest BCUT2D eigenvalue weighted by atomic mass is 127. The van der Waals surface area contributed by atoms with Crippen LogP contribution in [-0.4, -0.2) is 11.6 Å². The molecule has 4 rings (SSSR count). The fourth-order valence-electron chi connectivity index (χ4n) is 2.91. The van der Waals surface area contributed by atoms with E-state index in [1.807, 2.05) is 18.2 Å². The molecule has 0 radical (unpaired) electrons. The maximum absolute atomic E-state index is 12.2. The Morgan fingerprint density at radius 2 is 1.77 bits per heavy atom. The van der Waals surface area contributed by atoms with Gasteiger partial charge in [-0.1, -0.05) is 36.4 Å². The highest BCUT2D eigenvalue weighted by Gasteiger charge is 2.29. The number of hydrogen-bond donors (Lipinski definition) is 1. The molecule has 4 heteroatoms. The standard InChI is InChI=1S/C18H13IN2O/c19-14-8-3-7-12-11(14)6-4-10-15(12)20-17-13-5-1-2-9-16(13)21-18(17)22/h3-10H,1-2H2,(H,21,22). The van der Waals surface area contributed by atoms with Gasteiger partial charge in [0.05, 0.1) is 5.69 Å². The van der Waals surface area contributed by atoms with Crippen molar-refractivity contribution in [3.63, 3.8) is 0 Å². The molecule has 0 atom stereocenters. The first-order chi connectivity index (χ1) is 10.7. The number of nitrogens with zero attached hydrogens (tertiary/aromatic N) is 1. The van der Waals surface area contributed by atoms with E-state index in [4.69, 9.17) is 0 Å². The third-order valence-corrected chi connectivity index (χ3v) is 4.89. The van der Waals surface area contributed by atoms with Crippen molar-refractivity contribution >= 4 is 50.7 Å². The summed E-state index contributed by atoms with van der Waals surface area (Å²) < 4.78 is 1.19. The minimum absolute atomic E-state index is 0.109. The Bertz CT molecular complexity index is 893. The average molecular weight is 400 g/mol. The van der Waals surface area contributed by atoms with Gasteiger partial charge >= 0.3 is 0 Å². The van der Waals surface area contributed by atoms with E-state index >= 15 is 0 Å². The number of carbonyl (C=O) groups is 1. The van der Waals surface area contributed by atoms with Crippen LogP contribution in [0.4, 0.5) is 5.69 Å². The summed E-state index contributed by atoms with van der Waals surface area (Å²) in [7, 11) is 0. The molecule has 1 amide bonds. The maximum Gasteiger partial charge on any atom is 0.274 e. The van der Waals surface area contributed by atoms with Crippen LogP contribution in [0.2, 0.25) is 0 Å². The van der Waals surface area contributed by atoms with Gasteiger partial charge in [0.1, 0.15) is 5.71 Å². The fraction of sp³-hybridized carbons (Fsp3) is 0.111. The van der Waals surface area contributed by atoms with Gasteiger partial charge in [0.25, 0.3) is 5.91 Å². The van der Waals surface area contributed by atoms with Gasteiger partial charge in [0.2, 0.25) is 0 Å².